The molecule has 0 saturated heterocycles. The summed E-state index contributed by atoms with van der Waals surface area (Å²) >= 11 is 1.69. The molecule has 0 aliphatic rings. The van der Waals surface area contributed by atoms with Gasteiger partial charge < -0.3 is 4.57 Å². The molecule has 0 bridgehead atoms. The molecule has 0 fully saturated rings. The van der Waals surface area contributed by atoms with E-state index in [0.29, 0.717) is 0 Å². The standard InChI is InChI=1S/C21H18N2S/c1-24-21-22-19-12-5-6-13-20(19)23(21)15-16-8-7-11-18(14-16)17-9-3-2-4-10-17/h2-14H,15H2,1H3. The lowest BCUT2D eigenvalue weighted by atomic mass is 10.0. The summed E-state index contributed by atoms with van der Waals surface area (Å²) < 4.78 is 2.30. The van der Waals surface area contributed by atoms with Crippen molar-refractivity contribution >= 4 is 22.8 Å². The third-order valence-corrected chi connectivity index (χ3v) is 4.85. The van der Waals surface area contributed by atoms with Crippen molar-refractivity contribution in [1.29, 1.82) is 0 Å². The second kappa shape index (κ2) is 6.54. The number of aromatic nitrogens is 2. The zero-order valence-electron chi connectivity index (χ0n) is 13.5. The highest BCUT2D eigenvalue weighted by molar-refractivity contribution is 7.98. The van der Waals surface area contributed by atoms with Crippen LogP contribution in [0.3, 0.4) is 0 Å². The topological polar surface area (TPSA) is 17.8 Å². The number of fused-ring (bicyclic) bond motifs is 1. The molecule has 0 aliphatic carbocycles. The second-order valence-electron chi connectivity index (χ2n) is 5.74. The zero-order chi connectivity index (χ0) is 16.4. The summed E-state index contributed by atoms with van der Waals surface area (Å²) in [6, 6.07) is 27.6. The van der Waals surface area contributed by atoms with Crippen LogP contribution in [0.25, 0.3) is 22.2 Å². The number of hydrogen-bond donors (Lipinski definition) is 0. The van der Waals surface area contributed by atoms with Gasteiger partial charge in [0.1, 0.15) is 0 Å². The maximum absolute atomic E-state index is 4.73. The van der Waals surface area contributed by atoms with Crippen LogP contribution in [-0.4, -0.2) is 15.8 Å². The minimum atomic E-state index is 0.831. The van der Waals surface area contributed by atoms with Crippen molar-refractivity contribution in [1.82, 2.24) is 9.55 Å². The van der Waals surface area contributed by atoms with Crippen molar-refractivity contribution < 1.29 is 0 Å². The fourth-order valence-corrected chi connectivity index (χ4v) is 3.60. The number of hydrogen-bond acceptors (Lipinski definition) is 2. The van der Waals surface area contributed by atoms with Gasteiger partial charge in [0, 0.05) is 0 Å². The Morgan fingerprint density at radius 2 is 1.58 bits per heavy atom. The number of nitrogens with zero attached hydrogens (tertiary/aromatic N) is 2. The molecule has 0 N–H and O–H groups in total. The minimum absolute atomic E-state index is 0.831. The molecule has 0 radical (unpaired) electrons. The third kappa shape index (κ3) is 2.83. The molecular weight excluding hydrogens is 312 g/mol. The Labute approximate surface area is 146 Å². The van der Waals surface area contributed by atoms with Crippen LogP contribution in [0.5, 0.6) is 0 Å². The summed E-state index contributed by atoms with van der Waals surface area (Å²) in [4.78, 5) is 4.73. The Morgan fingerprint density at radius 3 is 2.42 bits per heavy atom. The van der Waals surface area contributed by atoms with E-state index >= 15 is 0 Å². The van der Waals surface area contributed by atoms with Gasteiger partial charge in [0.2, 0.25) is 0 Å². The first-order chi connectivity index (χ1) is 11.8. The molecule has 1 aromatic heterocycles. The van der Waals surface area contributed by atoms with Crippen molar-refractivity contribution in [2.75, 3.05) is 6.26 Å². The monoisotopic (exact) mass is 330 g/mol. The Morgan fingerprint density at radius 1 is 0.833 bits per heavy atom. The SMILES string of the molecule is CSc1nc2ccccc2n1Cc1cccc(-c2ccccc2)c1. The highest BCUT2D eigenvalue weighted by atomic mass is 32.2. The largest absolute Gasteiger partial charge is 0.314 e. The molecule has 118 valence electrons. The number of imidazole rings is 1. The molecule has 24 heavy (non-hydrogen) atoms. The summed E-state index contributed by atoms with van der Waals surface area (Å²) in [6.45, 7) is 0.831. The summed E-state index contributed by atoms with van der Waals surface area (Å²) in [6.07, 6.45) is 2.08. The van der Waals surface area contributed by atoms with E-state index in [-0.39, 0.29) is 0 Å². The van der Waals surface area contributed by atoms with Crippen molar-refractivity contribution in [2.45, 2.75) is 11.7 Å². The number of para-hydroxylation sites is 2. The number of rotatable bonds is 4. The van der Waals surface area contributed by atoms with Crippen LogP contribution in [0.2, 0.25) is 0 Å². The lowest BCUT2D eigenvalue weighted by Gasteiger charge is -2.10. The van der Waals surface area contributed by atoms with Gasteiger partial charge in [-0.15, -0.1) is 0 Å². The molecule has 0 unspecified atom stereocenters. The van der Waals surface area contributed by atoms with E-state index in [0.717, 1.165) is 17.2 Å². The lowest BCUT2D eigenvalue weighted by Crippen LogP contribution is -2.01. The fourth-order valence-electron chi connectivity index (χ4n) is 3.02. The molecule has 2 nitrogen and oxygen atoms in total. The highest BCUT2D eigenvalue weighted by Crippen LogP contribution is 2.25. The number of benzene rings is 3. The Kier molecular flexibility index (Phi) is 4.09. The molecule has 0 amide bonds. The van der Waals surface area contributed by atoms with Crippen LogP contribution in [0.15, 0.2) is 84.0 Å². The zero-order valence-corrected chi connectivity index (χ0v) is 14.3. The molecule has 0 saturated carbocycles. The summed E-state index contributed by atoms with van der Waals surface area (Å²) in [7, 11) is 0. The molecule has 0 atom stereocenters. The van der Waals surface area contributed by atoms with E-state index in [1.54, 1.807) is 11.8 Å². The molecule has 3 heteroatoms. The van der Waals surface area contributed by atoms with E-state index < -0.39 is 0 Å². The average Bonchev–Trinajstić information content (AvgIpc) is 3.00. The Hall–Kier alpha value is -2.52. The maximum Gasteiger partial charge on any atom is 0.169 e. The Bertz CT molecular complexity index is 973. The third-order valence-electron chi connectivity index (χ3n) is 4.18. The van der Waals surface area contributed by atoms with Gasteiger partial charge in [-0.2, -0.15) is 0 Å². The van der Waals surface area contributed by atoms with Crippen LogP contribution in [0.1, 0.15) is 5.56 Å². The summed E-state index contributed by atoms with van der Waals surface area (Å²) in [5.41, 5.74) is 6.03. The van der Waals surface area contributed by atoms with Crippen molar-refractivity contribution in [2.24, 2.45) is 0 Å². The van der Waals surface area contributed by atoms with Gasteiger partial charge >= 0.3 is 0 Å². The van der Waals surface area contributed by atoms with E-state index in [2.05, 4.69) is 83.6 Å². The molecule has 0 aliphatic heterocycles. The first kappa shape index (κ1) is 15.0. The predicted octanol–water partition coefficient (Wildman–Crippen LogP) is 5.47. The van der Waals surface area contributed by atoms with E-state index in [9.17, 15) is 0 Å². The van der Waals surface area contributed by atoms with Crippen LogP contribution in [0.4, 0.5) is 0 Å². The van der Waals surface area contributed by atoms with Gasteiger partial charge in [-0.25, -0.2) is 4.98 Å². The summed E-state index contributed by atoms with van der Waals surface area (Å²) in [5.74, 6) is 0. The van der Waals surface area contributed by atoms with E-state index in [4.69, 9.17) is 4.98 Å². The molecule has 3 aromatic carbocycles. The number of thioether (sulfide) groups is 1. The van der Waals surface area contributed by atoms with Gasteiger partial charge in [0.05, 0.1) is 17.6 Å². The summed E-state index contributed by atoms with van der Waals surface area (Å²) in [5, 5.41) is 1.06. The van der Waals surface area contributed by atoms with Crippen LogP contribution < -0.4 is 0 Å². The van der Waals surface area contributed by atoms with Gasteiger partial charge in [-0.1, -0.05) is 72.4 Å². The average molecular weight is 330 g/mol. The molecule has 4 rings (SSSR count). The maximum atomic E-state index is 4.73. The molecule has 4 aromatic rings. The Balaban J connectivity index is 1.74. The minimum Gasteiger partial charge on any atom is -0.314 e. The van der Waals surface area contributed by atoms with Crippen LogP contribution in [0, 0.1) is 0 Å². The molecule has 1 heterocycles. The van der Waals surface area contributed by atoms with Crippen LogP contribution in [-0.2, 0) is 6.54 Å². The molecule has 0 spiro atoms. The quantitative estimate of drug-likeness (QED) is 0.462. The van der Waals surface area contributed by atoms with E-state index in [1.165, 1.54) is 22.2 Å². The van der Waals surface area contributed by atoms with Gasteiger partial charge in [0.25, 0.3) is 0 Å². The van der Waals surface area contributed by atoms with Gasteiger partial charge in [-0.05, 0) is 41.1 Å². The van der Waals surface area contributed by atoms with E-state index in [1.807, 2.05) is 6.07 Å². The van der Waals surface area contributed by atoms with Gasteiger partial charge in [0.15, 0.2) is 5.16 Å². The lowest BCUT2D eigenvalue weighted by molar-refractivity contribution is 0.732. The highest BCUT2D eigenvalue weighted by Gasteiger charge is 2.10. The van der Waals surface area contributed by atoms with Crippen LogP contribution >= 0.6 is 11.8 Å². The fraction of sp³-hybridized carbons (Fsp3) is 0.0952. The van der Waals surface area contributed by atoms with Crippen molar-refractivity contribution in [3.8, 4) is 11.1 Å². The smallest absolute Gasteiger partial charge is 0.169 e. The normalized spacial score (nSPS) is 11.0. The first-order valence-corrected chi connectivity index (χ1v) is 9.21. The second-order valence-corrected chi connectivity index (χ2v) is 6.51. The van der Waals surface area contributed by atoms with Gasteiger partial charge in [-0.3, -0.25) is 0 Å². The predicted molar refractivity (Wildman–Crippen MR) is 102 cm³/mol. The molecular formula is C21H18N2S. The first-order valence-electron chi connectivity index (χ1n) is 7.99. The van der Waals surface area contributed by atoms with Crippen molar-refractivity contribution in [3.63, 3.8) is 0 Å². The van der Waals surface area contributed by atoms with Crippen molar-refractivity contribution in [3.05, 3.63) is 84.4 Å².